The molecule has 1 aliphatic rings. The van der Waals surface area contributed by atoms with Crippen LogP contribution in [0.4, 0.5) is 0 Å². The number of carboxylic acids is 1. The van der Waals surface area contributed by atoms with Crippen LogP contribution in [0.2, 0.25) is 0 Å². The minimum Gasteiger partial charge on any atom is -0.490 e. The number of carboxylic acid groups (broad SMARTS) is 1. The molecule has 132 valence electrons. The molecule has 24 heavy (non-hydrogen) atoms. The van der Waals surface area contributed by atoms with Gasteiger partial charge in [0.15, 0.2) is 0 Å². The molecule has 6 heteroatoms. The van der Waals surface area contributed by atoms with E-state index in [1.807, 2.05) is 13.8 Å². The van der Waals surface area contributed by atoms with E-state index >= 15 is 0 Å². The van der Waals surface area contributed by atoms with Gasteiger partial charge >= 0.3 is 5.97 Å². The molecule has 1 atom stereocenters. The van der Waals surface area contributed by atoms with Crippen molar-refractivity contribution >= 4 is 11.9 Å². The first-order valence-corrected chi connectivity index (χ1v) is 8.16. The maximum atomic E-state index is 12.9. The molecule has 1 N–H and O–H groups in total. The largest absolute Gasteiger partial charge is 0.490 e. The van der Waals surface area contributed by atoms with Crippen LogP contribution in [0.25, 0.3) is 0 Å². The summed E-state index contributed by atoms with van der Waals surface area (Å²) >= 11 is 0. The molecule has 1 aliphatic heterocycles. The van der Waals surface area contributed by atoms with Gasteiger partial charge in [-0.1, -0.05) is 26.0 Å². The van der Waals surface area contributed by atoms with E-state index in [4.69, 9.17) is 9.47 Å². The smallest absolute Gasteiger partial charge is 0.311 e. The predicted octanol–water partition coefficient (Wildman–Crippen LogP) is 2.28. The summed E-state index contributed by atoms with van der Waals surface area (Å²) in [6, 6.07) is 7.03. The third-order valence-electron chi connectivity index (χ3n) is 4.78. The number of rotatable bonds is 7. The fourth-order valence-electron chi connectivity index (χ4n) is 3.07. The lowest BCUT2D eigenvalue weighted by molar-refractivity contribution is -0.150. The van der Waals surface area contributed by atoms with Crippen molar-refractivity contribution in [3.05, 3.63) is 29.8 Å². The number of benzene rings is 1. The summed E-state index contributed by atoms with van der Waals surface area (Å²) in [5, 5.41) is 9.63. The quantitative estimate of drug-likeness (QED) is 0.774. The maximum Gasteiger partial charge on any atom is 0.311 e. The fourth-order valence-corrected chi connectivity index (χ4v) is 3.07. The topological polar surface area (TPSA) is 76.1 Å². The van der Waals surface area contributed by atoms with Gasteiger partial charge in [-0.05, 0) is 24.5 Å². The second-order valence-corrected chi connectivity index (χ2v) is 6.43. The van der Waals surface area contributed by atoms with Crippen LogP contribution in [-0.2, 0) is 9.53 Å². The summed E-state index contributed by atoms with van der Waals surface area (Å²) in [4.78, 5) is 26.2. The molecular formula is C18H25NO5. The fraction of sp³-hybridized carbons (Fsp3) is 0.556. The Morgan fingerprint density at radius 2 is 2.00 bits per heavy atom. The van der Waals surface area contributed by atoms with E-state index in [-0.39, 0.29) is 18.4 Å². The van der Waals surface area contributed by atoms with Crippen molar-refractivity contribution in [2.45, 2.75) is 20.3 Å². The highest BCUT2D eigenvalue weighted by Gasteiger charge is 2.48. The molecule has 2 rings (SSSR count). The van der Waals surface area contributed by atoms with E-state index in [2.05, 4.69) is 0 Å². The van der Waals surface area contributed by atoms with Crippen molar-refractivity contribution in [2.24, 2.45) is 11.3 Å². The van der Waals surface area contributed by atoms with Crippen LogP contribution >= 0.6 is 0 Å². The first kappa shape index (κ1) is 18.3. The Hall–Kier alpha value is -2.08. The first-order valence-electron chi connectivity index (χ1n) is 8.16. The summed E-state index contributed by atoms with van der Waals surface area (Å²) < 4.78 is 10.6. The van der Waals surface area contributed by atoms with Crippen LogP contribution in [0.15, 0.2) is 24.3 Å². The van der Waals surface area contributed by atoms with Crippen LogP contribution in [0, 0.1) is 11.3 Å². The number of hydrogen-bond acceptors (Lipinski definition) is 4. The summed E-state index contributed by atoms with van der Waals surface area (Å²) in [7, 11) is 1.59. The van der Waals surface area contributed by atoms with E-state index in [0.717, 1.165) is 0 Å². The Bertz CT molecular complexity index is 601. The molecule has 1 aromatic carbocycles. The molecule has 1 amide bonds. The average Bonchev–Trinajstić information content (AvgIpc) is 3.02. The van der Waals surface area contributed by atoms with Crippen LogP contribution in [0.1, 0.15) is 30.6 Å². The molecule has 1 heterocycles. The van der Waals surface area contributed by atoms with Crippen LogP contribution < -0.4 is 4.74 Å². The van der Waals surface area contributed by atoms with E-state index < -0.39 is 11.4 Å². The third-order valence-corrected chi connectivity index (χ3v) is 4.78. The number of likely N-dealkylation sites (tertiary alicyclic amines) is 1. The Morgan fingerprint density at radius 3 is 2.58 bits per heavy atom. The number of amides is 1. The standard InChI is InChI=1S/C18H25NO5/c1-13(2)18(17(21)22)8-9-19(12-18)16(20)14-6-4-5-7-15(14)24-11-10-23-3/h4-7,13H,8-12H2,1-3H3,(H,21,22). The number of carbonyl (C=O) groups excluding carboxylic acids is 1. The Morgan fingerprint density at radius 1 is 1.29 bits per heavy atom. The zero-order valence-electron chi connectivity index (χ0n) is 14.4. The van der Waals surface area contributed by atoms with E-state index in [9.17, 15) is 14.7 Å². The molecule has 0 aliphatic carbocycles. The molecule has 1 unspecified atom stereocenters. The van der Waals surface area contributed by atoms with E-state index in [1.54, 1.807) is 36.3 Å². The SMILES string of the molecule is COCCOc1ccccc1C(=O)N1CCC(C(=O)O)(C(C)C)C1. The zero-order valence-corrected chi connectivity index (χ0v) is 14.4. The average molecular weight is 335 g/mol. The minimum atomic E-state index is -0.874. The normalized spacial score (nSPS) is 20.4. The highest BCUT2D eigenvalue weighted by molar-refractivity contribution is 5.97. The highest BCUT2D eigenvalue weighted by Crippen LogP contribution is 2.39. The van der Waals surface area contributed by atoms with Crippen molar-refractivity contribution in [3.63, 3.8) is 0 Å². The van der Waals surface area contributed by atoms with Gasteiger partial charge in [0.1, 0.15) is 12.4 Å². The monoisotopic (exact) mass is 335 g/mol. The molecule has 0 radical (unpaired) electrons. The zero-order chi connectivity index (χ0) is 17.7. The van der Waals surface area contributed by atoms with Gasteiger partial charge in [-0.3, -0.25) is 9.59 Å². The van der Waals surface area contributed by atoms with Gasteiger partial charge in [-0.25, -0.2) is 0 Å². The Balaban J connectivity index is 2.17. The van der Waals surface area contributed by atoms with Gasteiger partial charge in [0.25, 0.3) is 5.91 Å². The number of hydrogen-bond donors (Lipinski definition) is 1. The van der Waals surface area contributed by atoms with Crippen LogP contribution in [0.5, 0.6) is 5.75 Å². The third kappa shape index (κ3) is 3.53. The van der Waals surface area contributed by atoms with Crippen LogP contribution in [0.3, 0.4) is 0 Å². The van der Waals surface area contributed by atoms with Crippen molar-refractivity contribution in [1.29, 1.82) is 0 Å². The molecule has 0 aromatic heterocycles. The lowest BCUT2D eigenvalue weighted by atomic mass is 9.76. The summed E-state index contributed by atoms with van der Waals surface area (Å²) in [5.74, 6) is -0.567. The van der Waals surface area contributed by atoms with E-state index in [0.29, 0.717) is 37.5 Å². The molecule has 0 spiro atoms. The van der Waals surface area contributed by atoms with Gasteiger partial charge in [0.05, 0.1) is 17.6 Å². The predicted molar refractivity (Wildman–Crippen MR) is 89.2 cm³/mol. The van der Waals surface area contributed by atoms with Gasteiger partial charge in [-0.2, -0.15) is 0 Å². The number of para-hydroxylation sites is 1. The number of carbonyl (C=O) groups is 2. The molecule has 1 saturated heterocycles. The molecule has 6 nitrogen and oxygen atoms in total. The lowest BCUT2D eigenvalue weighted by Gasteiger charge is -2.28. The second kappa shape index (κ2) is 7.66. The second-order valence-electron chi connectivity index (χ2n) is 6.43. The van der Waals surface area contributed by atoms with Gasteiger partial charge in [0, 0.05) is 20.2 Å². The minimum absolute atomic E-state index is 0.0407. The Kier molecular flexibility index (Phi) is 5.83. The van der Waals surface area contributed by atoms with Crippen molar-refractivity contribution in [1.82, 2.24) is 4.90 Å². The first-order chi connectivity index (χ1) is 11.4. The van der Waals surface area contributed by atoms with Crippen molar-refractivity contribution in [2.75, 3.05) is 33.4 Å². The summed E-state index contributed by atoms with van der Waals surface area (Å²) in [6.45, 7) is 5.24. The summed E-state index contributed by atoms with van der Waals surface area (Å²) in [5.41, 5.74) is -0.417. The molecule has 1 aromatic rings. The summed E-state index contributed by atoms with van der Waals surface area (Å²) in [6.07, 6.45) is 0.471. The highest BCUT2D eigenvalue weighted by atomic mass is 16.5. The maximum absolute atomic E-state index is 12.9. The molecule has 1 fully saturated rings. The van der Waals surface area contributed by atoms with E-state index in [1.165, 1.54) is 0 Å². The van der Waals surface area contributed by atoms with Crippen molar-refractivity contribution in [3.8, 4) is 5.75 Å². The molecule has 0 bridgehead atoms. The van der Waals surface area contributed by atoms with Crippen LogP contribution in [-0.4, -0.2) is 55.3 Å². The van der Waals surface area contributed by atoms with Gasteiger partial charge in [0.2, 0.25) is 0 Å². The Labute approximate surface area is 142 Å². The number of ether oxygens (including phenoxy) is 2. The number of aliphatic carboxylic acids is 1. The molecule has 0 saturated carbocycles. The van der Waals surface area contributed by atoms with Crippen molar-refractivity contribution < 1.29 is 24.2 Å². The molecular weight excluding hydrogens is 310 g/mol. The number of methoxy groups -OCH3 is 1. The number of nitrogens with zero attached hydrogens (tertiary/aromatic N) is 1. The lowest BCUT2D eigenvalue weighted by Crippen LogP contribution is -2.40. The van der Waals surface area contributed by atoms with Gasteiger partial charge < -0.3 is 19.5 Å². The van der Waals surface area contributed by atoms with Gasteiger partial charge in [-0.15, -0.1) is 0 Å².